The molecule has 0 saturated heterocycles. The number of isocyanates is 2. The lowest BCUT2D eigenvalue weighted by Gasteiger charge is -2.23. The molecule has 0 aliphatic carbocycles. The van der Waals surface area contributed by atoms with Crippen LogP contribution in [-0.4, -0.2) is 17.8 Å². The average molecular weight is 208 g/mol. The van der Waals surface area contributed by atoms with Gasteiger partial charge in [0.2, 0.25) is 12.2 Å². The van der Waals surface area contributed by atoms with Crippen LogP contribution in [-0.2, 0) is 9.59 Å². The molecule has 0 fully saturated rings. The molecule has 82 valence electrons. The summed E-state index contributed by atoms with van der Waals surface area (Å²) < 4.78 is 0. The highest BCUT2D eigenvalue weighted by atomic mass is 16.1. The van der Waals surface area contributed by atoms with Crippen LogP contribution in [0.3, 0.4) is 0 Å². The molecule has 0 aromatic carbocycles. The Kier molecular flexibility index (Phi) is 5.46. The van der Waals surface area contributed by atoms with Crippen LogP contribution in [0.4, 0.5) is 0 Å². The fourth-order valence-electron chi connectivity index (χ4n) is 1.39. The van der Waals surface area contributed by atoms with Crippen molar-refractivity contribution in [1.29, 1.82) is 0 Å². The Morgan fingerprint density at radius 2 is 1.60 bits per heavy atom. The Bertz CT molecular complexity index is 324. The first-order chi connectivity index (χ1) is 7.04. The number of carbonyl (C=O) groups excluding carboxylic acids is 2. The van der Waals surface area contributed by atoms with Crippen LogP contribution in [0, 0.1) is 0 Å². The molecule has 4 heteroatoms. The van der Waals surface area contributed by atoms with E-state index in [9.17, 15) is 9.59 Å². The lowest BCUT2D eigenvalue weighted by Crippen LogP contribution is -2.26. The van der Waals surface area contributed by atoms with E-state index in [1.807, 2.05) is 27.7 Å². The summed E-state index contributed by atoms with van der Waals surface area (Å²) in [4.78, 5) is 28.1. The van der Waals surface area contributed by atoms with E-state index in [-0.39, 0.29) is 0 Å². The normalized spacial score (nSPS) is 13.1. The van der Waals surface area contributed by atoms with Crippen LogP contribution < -0.4 is 0 Å². The van der Waals surface area contributed by atoms with E-state index in [0.717, 1.165) is 17.6 Å². The molecule has 0 saturated carbocycles. The van der Waals surface area contributed by atoms with Gasteiger partial charge in [0, 0.05) is 0 Å². The van der Waals surface area contributed by atoms with Crippen molar-refractivity contribution in [2.24, 2.45) is 9.98 Å². The Balaban J connectivity index is 5.60. The Labute approximate surface area is 89.8 Å². The second-order valence-electron chi connectivity index (χ2n) is 3.60. The molecule has 0 spiro atoms. The number of allylic oxidation sites excluding steroid dienone is 1. The summed E-state index contributed by atoms with van der Waals surface area (Å²) in [5.74, 6) is 0. The largest absolute Gasteiger partial charge is 0.237 e. The van der Waals surface area contributed by atoms with Crippen LogP contribution >= 0.6 is 0 Å². The SMILES string of the molecule is CCCC(N=C=O)(N=C=O)C(C)=C(C)C. The second kappa shape index (κ2) is 6.07. The van der Waals surface area contributed by atoms with Crippen molar-refractivity contribution in [3.05, 3.63) is 11.1 Å². The molecule has 0 aromatic heterocycles. The third kappa shape index (κ3) is 3.28. The predicted molar refractivity (Wildman–Crippen MR) is 57.9 cm³/mol. The summed E-state index contributed by atoms with van der Waals surface area (Å²) in [6.45, 7) is 7.53. The first-order valence-electron chi connectivity index (χ1n) is 4.86. The van der Waals surface area contributed by atoms with Crippen molar-refractivity contribution in [3.63, 3.8) is 0 Å². The lowest BCUT2D eigenvalue weighted by molar-refractivity contribution is 0.457. The van der Waals surface area contributed by atoms with Crippen LogP contribution in [0.5, 0.6) is 0 Å². The fraction of sp³-hybridized carbons (Fsp3) is 0.636. The van der Waals surface area contributed by atoms with Crippen LogP contribution in [0.2, 0.25) is 0 Å². The quantitative estimate of drug-likeness (QED) is 0.396. The van der Waals surface area contributed by atoms with Gasteiger partial charge < -0.3 is 0 Å². The van der Waals surface area contributed by atoms with Crippen LogP contribution in [0.1, 0.15) is 40.5 Å². The van der Waals surface area contributed by atoms with Crippen molar-refractivity contribution >= 4 is 12.2 Å². The average Bonchev–Trinajstić information content (AvgIpc) is 2.17. The van der Waals surface area contributed by atoms with Crippen molar-refractivity contribution in [2.45, 2.75) is 46.2 Å². The third-order valence-electron chi connectivity index (χ3n) is 2.41. The molecule has 0 atom stereocenters. The first-order valence-corrected chi connectivity index (χ1v) is 4.86. The van der Waals surface area contributed by atoms with Crippen LogP contribution in [0.15, 0.2) is 21.1 Å². The molecular weight excluding hydrogens is 192 g/mol. The Morgan fingerprint density at radius 1 is 1.13 bits per heavy atom. The minimum Gasteiger partial charge on any atom is -0.211 e. The van der Waals surface area contributed by atoms with E-state index >= 15 is 0 Å². The minimum atomic E-state index is -1.09. The molecule has 0 radical (unpaired) electrons. The van der Waals surface area contributed by atoms with Gasteiger partial charge >= 0.3 is 0 Å². The van der Waals surface area contributed by atoms with Gasteiger partial charge in [0.25, 0.3) is 0 Å². The predicted octanol–water partition coefficient (Wildman–Crippen LogP) is 2.51. The number of nitrogens with zero attached hydrogens (tertiary/aromatic N) is 2. The van der Waals surface area contributed by atoms with Crippen LogP contribution in [0.25, 0.3) is 0 Å². The van der Waals surface area contributed by atoms with Crippen molar-refractivity contribution in [3.8, 4) is 0 Å². The zero-order valence-corrected chi connectivity index (χ0v) is 9.63. The molecule has 0 amide bonds. The number of hydrogen-bond donors (Lipinski definition) is 0. The van der Waals surface area contributed by atoms with Crippen molar-refractivity contribution in [1.82, 2.24) is 0 Å². The van der Waals surface area contributed by atoms with Gasteiger partial charge in [0.05, 0.1) is 0 Å². The second-order valence-corrected chi connectivity index (χ2v) is 3.60. The Hall–Kier alpha value is -1.50. The molecule has 0 aliphatic heterocycles. The lowest BCUT2D eigenvalue weighted by atomic mass is 9.93. The van der Waals surface area contributed by atoms with Gasteiger partial charge in [-0.1, -0.05) is 18.9 Å². The summed E-state index contributed by atoms with van der Waals surface area (Å²) in [5, 5.41) is 0. The maximum Gasteiger partial charge on any atom is 0.237 e. The van der Waals surface area contributed by atoms with Gasteiger partial charge in [-0.3, -0.25) is 0 Å². The maximum absolute atomic E-state index is 10.4. The molecule has 0 unspecified atom stereocenters. The highest BCUT2D eigenvalue weighted by Gasteiger charge is 2.31. The summed E-state index contributed by atoms with van der Waals surface area (Å²) in [7, 11) is 0. The summed E-state index contributed by atoms with van der Waals surface area (Å²) in [6, 6.07) is 0. The minimum absolute atomic E-state index is 0.508. The van der Waals surface area contributed by atoms with Crippen molar-refractivity contribution in [2.75, 3.05) is 0 Å². The number of aliphatic imine (C=N–C) groups is 2. The highest BCUT2D eigenvalue weighted by Crippen LogP contribution is 2.30. The molecule has 0 aliphatic rings. The number of hydrogen-bond acceptors (Lipinski definition) is 4. The molecule has 0 heterocycles. The van der Waals surface area contributed by atoms with E-state index in [1.165, 1.54) is 12.2 Å². The van der Waals surface area contributed by atoms with E-state index in [4.69, 9.17) is 0 Å². The van der Waals surface area contributed by atoms with Gasteiger partial charge in [-0.05, 0) is 32.8 Å². The molecule has 0 rings (SSSR count). The summed E-state index contributed by atoms with van der Waals surface area (Å²) in [5.41, 5.74) is 0.703. The van der Waals surface area contributed by atoms with Crippen molar-refractivity contribution < 1.29 is 9.59 Å². The topological polar surface area (TPSA) is 58.9 Å². The molecule has 4 nitrogen and oxygen atoms in total. The first kappa shape index (κ1) is 13.5. The number of rotatable bonds is 5. The van der Waals surface area contributed by atoms with Gasteiger partial charge in [-0.15, -0.1) is 0 Å². The van der Waals surface area contributed by atoms with Gasteiger partial charge in [-0.2, -0.15) is 9.98 Å². The molecule has 15 heavy (non-hydrogen) atoms. The summed E-state index contributed by atoms with van der Waals surface area (Å²) >= 11 is 0. The van der Waals surface area contributed by atoms with Gasteiger partial charge in [-0.25, -0.2) is 9.59 Å². The fourth-order valence-corrected chi connectivity index (χ4v) is 1.39. The van der Waals surface area contributed by atoms with E-state index in [0.29, 0.717) is 6.42 Å². The molecule has 0 bridgehead atoms. The zero-order chi connectivity index (χ0) is 11.9. The zero-order valence-electron chi connectivity index (χ0n) is 9.63. The van der Waals surface area contributed by atoms with Gasteiger partial charge in [0.1, 0.15) is 0 Å². The van der Waals surface area contributed by atoms with E-state index < -0.39 is 5.66 Å². The highest BCUT2D eigenvalue weighted by molar-refractivity contribution is 5.43. The van der Waals surface area contributed by atoms with E-state index in [1.54, 1.807) is 0 Å². The maximum atomic E-state index is 10.4. The molecule has 0 N–H and O–H groups in total. The standard InChI is InChI=1S/C11H16N2O2/c1-5-6-11(12-7-14,13-8-15)10(4)9(2)3/h5-6H2,1-4H3. The summed E-state index contributed by atoms with van der Waals surface area (Å²) in [6.07, 6.45) is 4.24. The molecule has 0 aromatic rings. The van der Waals surface area contributed by atoms with Gasteiger partial charge in [0.15, 0.2) is 5.66 Å². The Morgan fingerprint density at radius 3 is 1.87 bits per heavy atom. The smallest absolute Gasteiger partial charge is 0.211 e. The third-order valence-corrected chi connectivity index (χ3v) is 2.41. The molecular formula is C11H16N2O2. The van der Waals surface area contributed by atoms with E-state index in [2.05, 4.69) is 9.98 Å². The monoisotopic (exact) mass is 208 g/mol.